The Labute approximate surface area is 139 Å². The Hall–Kier alpha value is -3.21. The van der Waals surface area contributed by atoms with Crippen LogP contribution in [-0.4, -0.2) is 17.5 Å². The van der Waals surface area contributed by atoms with Crippen molar-refractivity contribution < 1.29 is 9.59 Å². The van der Waals surface area contributed by atoms with Gasteiger partial charge >= 0.3 is 0 Å². The fourth-order valence-corrected chi connectivity index (χ4v) is 2.62. The van der Waals surface area contributed by atoms with Crippen molar-refractivity contribution >= 4 is 29.3 Å². The molecule has 2 aromatic rings. The van der Waals surface area contributed by atoms with Crippen LogP contribution in [0.3, 0.4) is 0 Å². The van der Waals surface area contributed by atoms with Gasteiger partial charge in [0.1, 0.15) is 5.84 Å². The van der Waals surface area contributed by atoms with E-state index < -0.39 is 5.91 Å². The first kappa shape index (κ1) is 15.7. The molecule has 5 heteroatoms. The van der Waals surface area contributed by atoms with Crippen LogP contribution in [-0.2, 0) is 4.79 Å². The van der Waals surface area contributed by atoms with Crippen LogP contribution in [0.15, 0.2) is 53.0 Å². The van der Waals surface area contributed by atoms with Gasteiger partial charge in [0.05, 0.1) is 5.69 Å². The summed E-state index contributed by atoms with van der Waals surface area (Å²) in [6, 6.07) is 12.8. The Morgan fingerprint density at radius 2 is 1.71 bits per heavy atom. The lowest BCUT2D eigenvalue weighted by Gasteiger charge is -2.06. The van der Waals surface area contributed by atoms with E-state index in [0.717, 1.165) is 22.4 Å². The van der Waals surface area contributed by atoms with Crippen LogP contribution in [0, 0.1) is 0 Å². The Morgan fingerprint density at radius 1 is 1.04 bits per heavy atom. The molecule has 4 N–H and O–H groups in total. The number of nitrogens with two attached hydrogens (primary N) is 2. The van der Waals surface area contributed by atoms with E-state index in [-0.39, 0.29) is 5.78 Å². The molecule has 2 aromatic carbocycles. The third-order valence-electron chi connectivity index (χ3n) is 3.95. The number of carbonyl (C=O) groups is 2. The molecule has 120 valence electrons. The molecule has 0 aliphatic carbocycles. The van der Waals surface area contributed by atoms with Gasteiger partial charge in [0.2, 0.25) is 5.91 Å². The quantitative estimate of drug-likeness (QED) is 0.910. The second-order valence-corrected chi connectivity index (χ2v) is 5.72. The van der Waals surface area contributed by atoms with E-state index in [1.54, 1.807) is 12.1 Å². The molecule has 0 fully saturated rings. The highest BCUT2D eigenvalue weighted by Crippen LogP contribution is 2.31. The average Bonchev–Trinajstić information content (AvgIpc) is 2.72. The molecule has 1 aliphatic heterocycles. The van der Waals surface area contributed by atoms with Crippen molar-refractivity contribution in [2.45, 2.75) is 13.3 Å². The summed E-state index contributed by atoms with van der Waals surface area (Å²) in [7, 11) is 0. The number of benzene rings is 2. The van der Waals surface area contributed by atoms with Gasteiger partial charge in [-0.3, -0.25) is 9.59 Å². The molecule has 0 unspecified atom stereocenters. The minimum atomic E-state index is -0.456. The maximum atomic E-state index is 11.7. The number of hydrogen-bond donors (Lipinski definition) is 2. The van der Waals surface area contributed by atoms with Gasteiger partial charge in [-0.05, 0) is 42.3 Å². The molecule has 0 bridgehead atoms. The van der Waals surface area contributed by atoms with E-state index in [2.05, 4.69) is 4.99 Å². The Balaban J connectivity index is 2.04. The number of amides is 1. The summed E-state index contributed by atoms with van der Waals surface area (Å²) in [6.45, 7) is 1.53. The normalized spacial score (nSPS) is 13.4. The van der Waals surface area contributed by atoms with E-state index >= 15 is 0 Å². The van der Waals surface area contributed by atoms with Crippen LogP contribution in [0.5, 0.6) is 0 Å². The molecule has 0 saturated heterocycles. The van der Waals surface area contributed by atoms with Crippen molar-refractivity contribution in [1.82, 2.24) is 0 Å². The van der Waals surface area contributed by atoms with Crippen LogP contribution in [0.2, 0.25) is 0 Å². The number of amidine groups is 1. The summed E-state index contributed by atoms with van der Waals surface area (Å²) in [6.07, 6.45) is 2.19. The van der Waals surface area contributed by atoms with Gasteiger partial charge in [-0.15, -0.1) is 0 Å². The predicted octanol–water partition coefficient (Wildman–Crippen LogP) is 2.82. The summed E-state index contributed by atoms with van der Waals surface area (Å²) >= 11 is 0. The third-order valence-corrected chi connectivity index (χ3v) is 3.95. The number of fused-ring (bicyclic) bond motifs is 1. The molecule has 5 nitrogen and oxygen atoms in total. The van der Waals surface area contributed by atoms with E-state index in [1.165, 1.54) is 6.92 Å². The number of carbonyl (C=O) groups excluding carboxylic acids is 2. The molecule has 0 saturated carbocycles. The lowest BCUT2D eigenvalue weighted by atomic mass is 9.99. The van der Waals surface area contributed by atoms with E-state index in [9.17, 15) is 9.59 Å². The predicted molar refractivity (Wildman–Crippen MR) is 95.0 cm³/mol. The third kappa shape index (κ3) is 3.10. The number of hydrogen-bond acceptors (Lipinski definition) is 4. The molecule has 1 heterocycles. The zero-order valence-corrected chi connectivity index (χ0v) is 13.2. The van der Waals surface area contributed by atoms with Crippen molar-refractivity contribution in [2.24, 2.45) is 16.5 Å². The molecule has 0 radical (unpaired) electrons. The molecule has 1 aliphatic rings. The summed E-state index contributed by atoms with van der Waals surface area (Å²) in [5.74, 6) is -0.0497. The van der Waals surface area contributed by atoms with Gasteiger partial charge in [-0.25, -0.2) is 4.99 Å². The van der Waals surface area contributed by atoms with Gasteiger partial charge in [0.25, 0.3) is 0 Å². The van der Waals surface area contributed by atoms with E-state index in [4.69, 9.17) is 11.5 Å². The van der Waals surface area contributed by atoms with Crippen LogP contribution in [0.4, 0.5) is 5.69 Å². The standard InChI is InChI=1S/C19H17N3O2/c1-11(23)16-8-15-7-6-14(9-17(15)22-18(20)10-16)12-2-4-13(5-3-12)19(21)24/h2-9H,10H2,1H3,(H2,20,22)(H2,21,24). The molecule has 24 heavy (non-hydrogen) atoms. The van der Waals surface area contributed by atoms with Gasteiger partial charge in [-0.2, -0.15) is 0 Å². The zero-order chi connectivity index (χ0) is 17.3. The molecular formula is C19H17N3O2. The van der Waals surface area contributed by atoms with Gasteiger partial charge in [0, 0.05) is 23.1 Å². The SMILES string of the molecule is CC(=O)C1=Cc2ccc(-c3ccc(C(N)=O)cc3)cc2N=C(N)C1. The fourth-order valence-electron chi connectivity index (χ4n) is 2.62. The maximum absolute atomic E-state index is 11.7. The minimum Gasteiger partial charge on any atom is -0.387 e. The van der Waals surface area contributed by atoms with Crippen LogP contribution >= 0.6 is 0 Å². The molecule has 3 rings (SSSR count). The highest BCUT2D eigenvalue weighted by atomic mass is 16.1. The highest BCUT2D eigenvalue weighted by molar-refractivity contribution is 6.05. The van der Waals surface area contributed by atoms with Crippen molar-refractivity contribution in [3.05, 3.63) is 59.2 Å². The molecular weight excluding hydrogens is 302 g/mol. The topological polar surface area (TPSA) is 98.5 Å². The average molecular weight is 319 g/mol. The van der Waals surface area contributed by atoms with Crippen molar-refractivity contribution in [1.29, 1.82) is 0 Å². The molecule has 0 spiro atoms. The summed E-state index contributed by atoms with van der Waals surface area (Å²) in [4.78, 5) is 27.2. The summed E-state index contributed by atoms with van der Waals surface area (Å²) < 4.78 is 0. The second kappa shape index (κ2) is 6.12. The number of rotatable bonds is 3. The number of Topliss-reactive ketones (excluding diaryl/α,β-unsaturated/α-hetero) is 1. The Kier molecular flexibility index (Phi) is 4.00. The van der Waals surface area contributed by atoms with Crippen molar-refractivity contribution in [2.75, 3.05) is 0 Å². The monoisotopic (exact) mass is 319 g/mol. The van der Waals surface area contributed by atoms with Gasteiger partial charge in [-0.1, -0.05) is 24.3 Å². The minimum absolute atomic E-state index is 0.00730. The largest absolute Gasteiger partial charge is 0.387 e. The molecule has 1 amide bonds. The van der Waals surface area contributed by atoms with Crippen LogP contribution in [0.1, 0.15) is 29.3 Å². The van der Waals surface area contributed by atoms with Gasteiger partial charge < -0.3 is 11.5 Å². The van der Waals surface area contributed by atoms with Crippen LogP contribution < -0.4 is 11.5 Å². The number of ketones is 1. The van der Waals surface area contributed by atoms with E-state index in [0.29, 0.717) is 23.4 Å². The lowest BCUT2D eigenvalue weighted by molar-refractivity contribution is -0.113. The Morgan fingerprint density at radius 3 is 2.33 bits per heavy atom. The number of aliphatic imine (C=N–C) groups is 1. The first-order valence-electron chi connectivity index (χ1n) is 7.53. The van der Waals surface area contributed by atoms with Gasteiger partial charge in [0.15, 0.2) is 5.78 Å². The first-order chi connectivity index (χ1) is 11.4. The Bertz CT molecular complexity index is 893. The fraction of sp³-hybridized carbons (Fsp3) is 0.105. The zero-order valence-electron chi connectivity index (χ0n) is 13.2. The first-order valence-corrected chi connectivity index (χ1v) is 7.53. The number of primary amides is 1. The van der Waals surface area contributed by atoms with Crippen molar-refractivity contribution in [3.8, 4) is 11.1 Å². The smallest absolute Gasteiger partial charge is 0.248 e. The second-order valence-electron chi connectivity index (χ2n) is 5.72. The molecule has 0 aromatic heterocycles. The summed E-state index contributed by atoms with van der Waals surface area (Å²) in [5.41, 5.74) is 15.8. The summed E-state index contributed by atoms with van der Waals surface area (Å²) in [5, 5.41) is 0. The van der Waals surface area contributed by atoms with E-state index in [1.807, 2.05) is 36.4 Å². The van der Waals surface area contributed by atoms with Crippen LogP contribution in [0.25, 0.3) is 17.2 Å². The molecule has 0 atom stereocenters. The lowest BCUT2D eigenvalue weighted by Crippen LogP contribution is -2.13. The highest BCUT2D eigenvalue weighted by Gasteiger charge is 2.14. The van der Waals surface area contributed by atoms with Crippen molar-refractivity contribution in [3.63, 3.8) is 0 Å². The number of nitrogens with zero attached hydrogens (tertiary/aromatic N) is 1. The maximum Gasteiger partial charge on any atom is 0.248 e.